The number of hydrogen-bond acceptors (Lipinski definition) is 4. The van der Waals surface area contributed by atoms with Crippen LogP contribution in [0.25, 0.3) is 0 Å². The maximum atomic E-state index is 12.0. The van der Waals surface area contributed by atoms with Crippen molar-refractivity contribution in [2.45, 2.75) is 18.7 Å². The fraction of sp³-hybridized carbons (Fsp3) is 0.133. The van der Waals surface area contributed by atoms with Gasteiger partial charge in [-0.05, 0) is 50.2 Å². The van der Waals surface area contributed by atoms with E-state index in [0.29, 0.717) is 5.56 Å². The van der Waals surface area contributed by atoms with Crippen LogP contribution < -0.4 is 4.18 Å². The Balaban J connectivity index is 2.24. The Morgan fingerprint density at radius 2 is 1.50 bits per heavy atom. The van der Waals surface area contributed by atoms with Crippen LogP contribution in [0.1, 0.15) is 22.8 Å². The molecule has 0 aliphatic rings. The van der Waals surface area contributed by atoms with Crippen LogP contribution in [-0.4, -0.2) is 14.2 Å². The molecule has 0 amide bonds. The van der Waals surface area contributed by atoms with E-state index in [0.717, 1.165) is 5.56 Å². The van der Waals surface area contributed by atoms with Crippen molar-refractivity contribution in [2.75, 3.05) is 0 Å². The summed E-state index contributed by atoms with van der Waals surface area (Å²) in [6.45, 7) is 3.32. The normalized spacial score (nSPS) is 11.1. The third-order valence-corrected chi connectivity index (χ3v) is 4.04. The predicted molar refractivity (Wildman–Crippen MR) is 75.4 cm³/mol. The van der Waals surface area contributed by atoms with Gasteiger partial charge in [0.15, 0.2) is 5.78 Å². The predicted octanol–water partition coefficient (Wildman–Crippen LogP) is 2.97. The molecule has 0 aliphatic heterocycles. The summed E-state index contributed by atoms with van der Waals surface area (Å²) in [5.41, 5.74) is 1.47. The fourth-order valence-corrected chi connectivity index (χ4v) is 2.56. The van der Waals surface area contributed by atoms with E-state index in [1.165, 1.54) is 43.3 Å². The van der Waals surface area contributed by atoms with E-state index in [1.807, 2.05) is 6.92 Å². The van der Waals surface area contributed by atoms with Crippen LogP contribution in [0.15, 0.2) is 53.4 Å². The first kappa shape index (κ1) is 14.3. The summed E-state index contributed by atoms with van der Waals surface area (Å²) < 4.78 is 29.1. The summed E-state index contributed by atoms with van der Waals surface area (Å²) in [5.74, 6) is 0.0912. The quantitative estimate of drug-likeness (QED) is 0.641. The zero-order chi connectivity index (χ0) is 14.8. The number of carbonyl (C=O) groups excluding carboxylic acids is 1. The molecule has 0 saturated heterocycles. The second-order valence-electron chi connectivity index (χ2n) is 4.43. The van der Waals surface area contributed by atoms with Gasteiger partial charge in [0, 0.05) is 5.56 Å². The average molecular weight is 290 g/mol. The highest BCUT2D eigenvalue weighted by atomic mass is 32.2. The lowest BCUT2D eigenvalue weighted by Crippen LogP contribution is -2.09. The van der Waals surface area contributed by atoms with Crippen molar-refractivity contribution in [3.8, 4) is 5.75 Å². The number of hydrogen-bond donors (Lipinski definition) is 0. The summed E-state index contributed by atoms with van der Waals surface area (Å²) >= 11 is 0. The molecule has 0 saturated carbocycles. The van der Waals surface area contributed by atoms with Crippen LogP contribution in [0.5, 0.6) is 5.75 Å². The van der Waals surface area contributed by atoms with Crippen molar-refractivity contribution >= 4 is 15.9 Å². The number of rotatable bonds is 4. The van der Waals surface area contributed by atoms with E-state index >= 15 is 0 Å². The summed E-state index contributed by atoms with van der Waals surface area (Å²) in [6, 6.07) is 12.4. The molecular weight excluding hydrogens is 276 g/mol. The monoisotopic (exact) mass is 290 g/mol. The van der Waals surface area contributed by atoms with Gasteiger partial charge >= 0.3 is 10.1 Å². The first-order valence-corrected chi connectivity index (χ1v) is 7.41. The van der Waals surface area contributed by atoms with Crippen molar-refractivity contribution in [1.29, 1.82) is 0 Å². The van der Waals surface area contributed by atoms with Crippen molar-refractivity contribution in [1.82, 2.24) is 0 Å². The molecule has 0 aliphatic carbocycles. The van der Waals surface area contributed by atoms with E-state index in [4.69, 9.17) is 4.18 Å². The molecule has 2 aromatic rings. The van der Waals surface area contributed by atoms with Gasteiger partial charge in [0.1, 0.15) is 10.6 Å². The summed E-state index contributed by atoms with van der Waals surface area (Å²) in [6.07, 6.45) is 0. The summed E-state index contributed by atoms with van der Waals surface area (Å²) in [7, 11) is -3.85. The van der Waals surface area contributed by atoms with E-state index < -0.39 is 10.1 Å². The van der Waals surface area contributed by atoms with E-state index in [2.05, 4.69) is 0 Å². The van der Waals surface area contributed by atoms with Gasteiger partial charge in [0.2, 0.25) is 0 Å². The van der Waals surface area contributed by atoms with Crippen LogP contribution in [-0.2, 0) is 10.1 Å². The maximum absolute atomic E-state index is 12.0. The lowest BCUT2D eigenvalue weighted by molar-refractivity contribution is 0.101. The van der Waals surface area contributed by atoms with Crippen molar-refractivity contribution in [2.24, 2.45) is 0 Å². The molecule has 0 heterocycles. The zero-order valence-corrected chi connectivity index (χ0v) is 12.0. The molecule has 0 fully saturated rings. The number of ketones is 1. The highest BCUT2D eigenvalue weighted by Gasteiger charge is 2.16. The van der Waals surface area contributed by atoms with E-state index in [1.54, 1.807) is 12.1 Å². The first-order chi connectivity index (χ1) is 9.38. The molecule has 5 heteroatoms. The molecule has 0 atom stereocenters. The molecule has 104 valence electrons. The minimum absolute atomic E-state index is 0.0852. The number of carbonyl (C=O) groups is 1. The standard InChI is InChI=1S/C15H14O4S/c1-11-3-9-15(10-4-11)20(17,18)19-14-7-5-13(6-8-14)12(2)16/h3-10H,1-2H3. The molecule has 0 radical (unpaired) electrons. The van der Waals surface area contributed by atoms with Gasteiger partial charge in [0.05, 0.1) is 0 Å². The Kier molecular flexibility index (Phi) is 3.90. The van der Waals surface area contributed by atoms with Gasteiger partial charge in [-0.15, -0.1) is 0 Å². The lowest BCUT2D eigenvalue weighted by Gasteiger charge is -2.07. The molecule has 20 heavy (non-hydrogen) atoms. The second-order valence-corrected chi connectivity index (χ2v) is 5.98. The fourth-order valence-electron chi connectivity index (χ4n) is 1.62. The van der Waals surface area contributed by atoms with E-state index in [9.17, 15) is 13.2 Å². The third-order valence-electron chi connectivity index (χ3n) is 2.78. The van der Waals surface area contributed by atoms with Gasteiger partial charge in [-0.25, -0.2) is 0 Å². The molecule has 0 spiro atoms. The lowest BCUT2D eigenvalue weighted by atomic mass is 10.1. The van der Waals surface area contributed by atoms with Gasteiger partial charge in [-0.1, -0.05) is 17.7 Å². The highest BCUT2D eigenvalue weighted by Crippen LogP contribution is 2.19. The third kappa shape index (κ3) is 3.24. The topological polar surface area (TPSA) is 60.4 Å². The van der Waals surface area contributed by atoms with Crippen molar-refractivity contribution < 1.29 is 17.4 Å². The van der Waals surface area contributed by atoms with Crippen molar-refractivity contribution in [3.05, 3.63) is 59.7 Å². The largest absolute Gasteiger partial charge is 0.379 e. The van der Waals surface area contributed by atoms with Crippen LogP contribution in [0.4, 0.5) is 0 Å². The first-order valence-electron chi connectivity index (χ1n) is 6.01. The Labute approximate surface area is 118 Å². The van der Waals surface area contributed by atoms with Crippen LogP contribution in [0, 0.1) is 6.92 Å². The van der Waals surface area contributed by atoms with Gasteiger partial charge < -0.3 is 4.18 Å². The van der Waals surface area contributed by atoms with Gasteiger partial charge in [-0.2, -0.15) is 8.42 Å². The minimum Gasteiger partial charge on any atom is -0.379 e. The van der Waals surface area contributed by atoms with Crippen LogP contribution in [0.3, 0.4) is 0 Å². The Morgan fingerprint density at radius 3 is 2.00 bits per heavy atom. The Morgan fingerprint density at radius 1 is 0.950 bits per heavy atom. The molecular formula is C15H14O4S. The SMILES string of the molecule is CC(=O)c1ccc(OS(=O)(=O)c2ccc(C)cc2)cc1. The highest BCUT2D eigenvalue weighted by molar-refractivity contribution is 7.87. The number of aryl methyl sites for hydroxylation is 1. The van der Waals surface area contributed by atoms with Crippen LogP contribution >= 0.6 is 0 Å². The molecule has 0 aromatic heterocycles. The zero-order valence-electron chi connectivity index (χ0n) is 11.2. The Bertz CT molecular complexity index is 713. The Hall–Kier alpha value is -2.14. The molecule has 0 bridgehead atoms. The molecule has 2 rings (SSSR count). The molecule has 0 unspecified atom stereocenters. The second kappa shape index (κ2) is 5.46. The number of Topliss-reactive ketones (excluding diaryl/α,β-unsaturated/α-hetero) is 1. The van der Waals surface area contributed by atoms with E-state index in [-0.39, 0.29) is 16.4 Å². The molecule has 4 nitrogen and oxygen atoms in total. The van der Waals surface area contributed by atoms with Crippen LogP contribution in [0.2, 0.25) is 0 Å². The summed E-state index contributed by atoms with van der Waals surface area (Å²) in [5, 5.41) is 0. The average Bonchev–Trinajstić information content (AvgIpc) is 2.39. The maximum Gasteiger partial charge on any atom is 0.339 e. The van der Waals surface area contributed by atoms with Gasteiger partial charge in [0.25, 0.3) is 0 Å². The smallest absolute Gasteiger partial charge is 0.339 e. The minimum atomic E-state index is -3.85. The molecule has 0 N–H and O–H groups in total. The summed E-state index contributed by atoms with van der Waals surface area (Å²) in [4.78, 5) is 11.2. The van der Waals surface area contributed by atoms with Crippen molar-refractivity contribution in [3.63, 3.8) is 0 Å². The van der Waals surface area contributed by atoms with Gasteiger partial charge in [-0.3, -0.25) is 4.79 Å². The molecule has 2 aromatic carbocycles. The number of benzene rings is 2.